The van der Waals surface area contributed by atoms with Crippen molar-refractivity contribution in [3.8, 4) is 17.2 Å². The second kappa shape index (κ2) is 7.79. The summed E-state index contributed by atoms with van der Waals surface area (Å²) in [6, 6.07) is 15.7. The molecule has 0 radical (unpaired) electrons. The van der Waals surface area contributed by atoms with Crippen LogP contribution in [0.5, 0.6) is 11.5 Å². The van der Waals surface area contributed by atoms with Crippen LogP contribution in [0.15, 0.2) is 54.7 Å². The van der Waals surface area contributed by atoms with E-state index in [0.29, 0.717) is 24.0 Å². The maximum Gasteiger partial charge on any atom is 0.276 e. The number of benzene rings is 2. The summed E-state index contributed by atoms with van der Waals surface area (Å²) in [5.41, 5.74) is 2.42. The van der Waals surface area contributed by atoms with Crippen molar-refractivity contribution in [1.29, 1.82) is 0 Å². The molecule has 1 aromatic heterocycles. The van der Waals surface area contributed by atoms with Gasteiger partial charge in [-0.15, -0.1) is 5.10 Å². The highest BCUT2D eigenvalue weighted by Gasteiger charge is 2.26. The third-order valence-corrected chi connectivity index (χ3v) is 6.42. The summed E-state index contributed by atoms with van der Waals surface area (Å²) in [6.07, 6.45) is 2.42. The smallest absolute Gasteiger partial charge is 0.276 e. The molecule has 0 spiro atoms. The number of nitrogens with zero attached hydrogens (tertiary/aromatic N) is 4. The van der Waals surface area contributed by atoms with Gasteiger partial charge >= 0.3 is 0 Å². The number of rotatable bonds is 3. The fourth-order valence-electron chi connectivity index (χ4n) is 3.56. The van der Waals surface area contributed by atoms with E-state index in [4.69, 9.17) is 9.47 Å². The maximum absolute atomic E-state index is 13.0. The summed E-state index contributed by atoms with van der Waals surface area (Å²) in [6.45, 7) is 1.66. The van der Waals surface area contributed by atoms with Crippen LogP contribution in [0.3, 0.4) is 0 Å². The molecule has 1 fully saturated rings. The van der Waals surface area contributed by atoms with Gasteiger partial charge in [0.2, 0.25) is 6.79 Å². The van der Waals surface area contributed by atoms with Gasteiger partial charge in [0.1, 0.15) is 0 Å². The van der Waals surface area contributed by atoms with Gasteiger partial charge in [0.25, 0.3) is 5.91 Å². The van der Waals surface area contributed by atoms with Gasteiger partial charge < -0.3 is 14.4 Å². The lowest BCUT2D eigenvalue weighted by Crippen LogP contribution is -2.33. The first kappa shape index (κ1) is 18.1. The van der Waals surface area contributed by atoms with Crippen molar-refractivity contribution >= 4 is 17.7 Å². The summed E-state index contributed by atoms with van der Waals surface area (Å²) in [5.74, 6) is 2.40. The molecule has 0 N–H and O–H groups in total. The highest BCUT2D eigenvalue weighted by atomic mass is 32.2. The Bertz CT molecular complexity index is 1020. The van der Waals surface area contributed by atoms with Crippen molar-refractivity contribution in [3.05, 3.63) is 66.0 Å². The van der Waals surface area contributed by atoms with Crippen LogP contribution in [-0.4, -0.2) is 51.4 Å². The van der Waals surface area contributed by atoms with Gasteiger partial charge in [0.15, 0.2) is 17.2 Å². The SMILES string of the molecule is O=C(c1cnn(-c2ccccc2)n1)N1CCS[C@@H](c2ccc3c(c2)OCO3)CC1. The Balaban J connectivity index is 1.27. The Morgan fingerprint density at radius 2 is 1.93 bits per heavy atom. The summed E-state index contributed by atoms with van der Waals surface area (Å²) in [4.78, 5) is 16.3. The van der Waals surface area contributed by atoms with Crippen molar-refractivity contribution in [2.75, 3.05) is 25.6 Å². The molecule has 3 aromatic rings. The number of aromatic nitrogens is 3. The minimum absolute atomic E-state index is 0.0703. The number of para-hydroxylation sites is 1. The zero-order chi connectivity index (χ0) is 19.6. The van der Waals surface area contributed by atoms with Gasteiger partial charge in [-0.2, -0.15) is 21.7 Å². The fraction of sp³-hybridized carbons (Fsp3) is 0.286. The van der Waals surface area contributed by atoms with Crippen molar-refractivity contribution in [1.82, 2.24) is 19.9 Å². The third-order valence-electron chi connectivity index (χ3n) is 5.10. The van der Waals surface area contributed by atoms with Gasteiger partial charge in [0.05, 0.1) is 11.9 Å². The second-order valence-corrected chi connectivity index (χ2v) is 8.22. The van der Waals surface area contributed by atoms with E-state index >= 15 is 0 Å². The largest absolute Gasteiger partial charge is 0.454 e. The monoisotopic (exact) mass is 408 g/mol. The molecule has 7 nitrogen and oxygen atoms in total. The van der Waals surface area contributed by atoms with Crippen LogP contribution in [0.2, 0.25) is 0 Å². The van der Waals surface area contributed by atoms with E-state index in [-0.39, 0.29) is 12.7 Å². The van der Waals surface area contributed by atoms with E-state index in [1.54, 1.807) is 6.20 Å². The number of fused-ring (bicyclic) bond motifs is 1. The molecule has 0 bridgehead atoms. The Labute approximate surface area is 172 Å². The van der Waals surface area contributed by atoms with E-state index < -0.39 is 0 Å². The molecule has 2 aliphatic rings. The van der Waals surface area contributed by atoms with Gasteiger partial charge in [-0.05, 0) is 36.2 Å². The minimum atomic E-state index is -0.0703. The predicted molar refractivity (Wildman–Crippen MR) is 110 cm³/mol. The number of ether oxygens (including phenoxy) is 2. The average molecular weight is 408 g/mol. The Kier molecular flexibility index (Phi) is 4.85. The molecule has 1 atom stereocenters. The van der Waals surface area contributed by atoms with Crippen molar-refractivity contribution in [3.63, 3.8) is 0 Å². The van der Waals surface area contributed by atoms with Crippen molar-refractivity contribution in [2.24, 2.45) is 0 Å². The molecule has 0 saturated carbocycles. The van der Waals surface area contributed by atoms with Crippen LogP contribution >= 0.6 is 11.8 Å². The number of thioether (sulfide) groups is 1. The molecular formula is C21H20N4O3S. The zero-order valence-corrected chi connectivity index (χ0v) is 16.5. The minimum Gasteiger partial charge on any atom is -0.454 e. The lowest BCUT2D eigenvalue weighted by molar-refractivity contribution is 0.0760. The van der Waals surface area contributed by atoms with Crippen LogP contribution < -0.4 is 9.47 Å². The molecule has 148 valence electrons. The normalized spacial score (nSPS) is 18.5. The first-order valence-corrected chi connectivity index (χ1v) is 10.6. The second-order valence-electron chi connectivity index (χ2n) is 6.91. The summed E-state index contributed by atoms with van der Waals surface area (Å²) < 4.78 is 10.9. The van der Waals surface area contributed by atoms with Crippen molar-refractivity contribution in [2.45, 2.75) is 11.7 Å². The topological polar surface area (TPSA) is 69.5 Å². The standard InChI is InChI=1S/C21H20N4O3S/c26-21(17-13-22-25(23-17)16-4-2-1-3-5-16)24-9-8-20(29-11-10-24)15-6-7-18-19(12-15)28-14-27-18/h1-7,12-13,20H,8-11,14H2/t20-/m1/s1. The Hall–Kier alpha value is -3.00. The highest BCUT2D eigenvalue weighted by molar-refractivity contribution is 7.99. The number of carbonyl (C=O) groups excluding carboxylic acids is 1. The van der Waals surface area contributed by atoms with Gasteiger partial charge in [-0.25, -0.2) is 0 Å². The van der Waals surface area contributed by atoms with Crippen LogP contribution in [0, 0.1) is 0 Å². The first-order valence-electron chi connectivity index (χ1n) is 9.56. The quantitative estimate of drug-likeness (QED) is 0.662. The molecule has 1 saturated heterocycles. The van der Waals surface area contributed by atoms with E-state index in [2.05, 4.69) is 22.3 Å². The first-order chi connectivity index (χ1) is 14.3. The summed E-state index contributed by atoms with van der Waals surface area (Å²) in [7, 11) is 0. The molecule has 2 aromatic carbocycles. The third kappa shape index (κ3) is 3.67. The Morgan fingerprint density at radius 3 is 2.83 bits per heavy atom. The van der Waals surface area contributed by atoms with E-state index in [1.165, 1.54) is 10.4 Å². The number of amides is 1. The molecule has 0 unspecified atom stereocenters. The highest BCUT2D eigenvalue weighted by Crippen LogP contribution is 2.40. The zero-order valence-electron chi connectivity index (χ0n) is 15.7. The summed E-state index contributed by atoms with van der Waals surface area (Å²) in [5, 5.41) is 8.95. The molecule has 2 aliphatic heterocycles. The Morgan fingerprint density at radius 1 is 1.07 bits per heavy atom. The predicted octanol–water partition coefficient (Wildman–Crippen LogP) is 3.32. The van der Waals surface area contributed by atoms with Crippen molar-refractivity contribution < 1.29 is 14.3 Å². The van der Waals surface area contributed by atoms with Crippen LogP contribution in [0.4, 0.5) is 0 Å². The molecule has 1 amide bonds. The van der Waals surface area contributed by atoms with Gasteiger partial charge in [0, 0.05) is 24.1 Å². The van der Waals surface area contributed by atoms with Crippen LogP contribution in [0.25, 0.3) is 5.69 Å². The molecule has 29 heavy (non-hydrogen) atoms. The average Bonchev–Trinajstić information content (AvgIpc) is 3.38. The van der Waals surface area contributed by atoms with E-state index in [9.17, 15) is 4.79 Å². The van der Waals surface area contributed by atoms with Gasteiger partial charge in [-0.1, -0.05) is 24.3 Å². The number of hydrogen-bond acceptors (Lipinski definition) is 6. The molecule has 0 aliphatic carbocycles. The van der Waals surface area contributed by atoms with Gasteiger partial charge in [-0.3, -0.25) is 4.79 Å². The number of carbonyl (C=O) groups is 1. The van der Waals surface area contributed by atoms with Crippen LogP contribution in [0.1, 0.15) is 27.7 Å². The summed E-state index contributed by atoms with van der Waals surface area (Å²) >= 11 is 1.87. The maximum atomic E-state index is 13.0. The van der Waals surface area contributed by atoms with E-state index in [0.717, 1.165) is 29.4 Å². The molecule has 8 heteroatoms. The molecule has 5 rings (SSSR count). The fourth-order valence-corrected chi connectivity index (χ4v) is 4.78. The van der Waals surface area contributed by atoms with E-state index in [1.807, 2.05) is 53.1 Å². The van der Waals surface area contributed by atoms with Crippen LogP contribution in [-0.2, 0) is 0 Å². The number of hydrogen-bond donors (Lipinski definition) is 0. The lowest BCUT2D eigenvalue weighted by atomic mass is 10.1. The lowest BCUT2D eigenvalue weighted by Gasteiger charge is -2.19. The molecule has 3 heterocycles. The molecular weight excluding hydrogens is 388 g/mol.